The molecule has 1 heterocycles. The first-order chi connectivity index (χ1) is 5.70. The summed E-state index contributed by atoms with van der Waals surface area (Å²) < 4.78 is 6.28. The van der Waals surface area contributed by atoms with Crippen LogP contribution in [0.1, 0.15) is 11.3 Å². The summed E-state index contributed by atoms with van der Waals surface area (Å²) in [5, 5.41) is 12.7. The van der Waals surface area contributed by atoms with Crippen LogP contribution >= 0.6 is 0 Å². The minimum Gasteiger partial charge on any atom is -0.383 e. The van der Waals surface area contributed by atoms with Gasteiger partial charge in [-0.3, -0.25) is 0 Å². The van der Waals surface area contributed by atoms with Crippen molar-refractivity contribution < 1.29 is 4.74 Å². The molecule has 0 saturated carbocycles. The summed E-state index contributed by atoms with van der Waals surface area (Å²) in [7, 11) is 1.54. The molecule has 2 N–H and O–H groups in total. The zero-order chi connectivity index (χ0) is 9.14. The van der Waals surface area contributed by atoms with Crippen molar-refractivity contribution in [3.8, 4) is 6.07 Å². The highest BCUT2D eigenvalue weighted by molar-refractivity contribution is 5.51. The maximum absolute atomic E-state index is 8.66. The number of ether oxygens (including phenoxy) is 1. The standard InChI is InChI=1S/C7H10N4O/c1-5-6(3-8)7(9)11(10-5)4-12-2/h4,9H2,1-2H3. The van der Waals surface area contributed by atoms with Crippen molar-refractivity contribution in [3.05, 3.63) is 11.3 Å². The van der Waals surface area contributed by atoms with Gasteiger partial charge in [-0.05, 0) is 6.92 Å². The number of anilines is 1. The lowest BCUT2D eigenvalue weighted by Crippen LogP contribution is -2.06. The van der Waals surface area contributed by atoms with E-state index in [9.17, 15) is 0 Å². The van der Waals surface area contributed by atoms with Crippen LogP contribution in [0.2, 0.25) is 0 Å². The molecule has 0 spiro atoms. The summed E-state index contributed by atoms with van der Waals surface area (Å²) in [4.78, 5) is 0. The smallest absolute Gasteiger partial charge is 0.142 e. The van der Waals surface area contributed by atoms with Crippen LogP contribution in [0.5, 0.6) is 0 Å². The number of aryl methyl sites for hydroxylation is 1. The van der Waals surface area contributed by atoms with Crippen LogP contribution in [0.3, 0.4) is 0 Å². The molecule has 1 aromatic rings. The van der Waals surface area contributed by atoms with E-state index in [-0.39, 0.29) is 6.73 Å². The Morgan fingerprint density at radius 2 is 2.42 bits per heavy atom. The van der Waals surface area contributed by atoms with E-state index in [1.54, 1.807) is 14.0 Å². The van der Waals surface area contributed by atoms with E-state index in [0.717, 1.165) is 0 Å². The number of nitriles is 1. The van der Waals surface area contributed by atoms with Crippen molar-refractivity contribution in [3.63, 3.8) is 0 Å². The number of rotatable bonds is 2. The second-order valence-corrected chi connectivity index (χ2v) is 2.37. The monoisotopic (exact) mass is 166 g/mol. The van der Waals surface area contributed by atoms with E-state index in [2.05, 4.69) is 5.10 Å². The zero-order valence-corrected chi connectivity index (χ0v) is 7.03. The van der Waals surface area contributed by atoms with Crippen molar-refractivity contribution >= 4 is 5.82 Å². The van der Waals surface area contributed by atoms with Gasteiger partial charge in [0.2, 0.25) is 0 Å². The molecule has 0 unspecified atom stereocenters. The van der Waals surface area contributed by atoms with Crippen LogP contribution in [0, 0.1) is 18.3 Å². The first-order valence-corrected chi connectivity index (χ1v) is 3.42. The van der Waals surface area contributed by atoms with Crippen molar-refractivity contribution in [1.82, 2.24) is 9.78 Å². The Labute approximate surface area is 70.3 Å². The summed E-state index contributed by atoms with van der Waals surface area (Å²) in [6.45, 7) is 2.01. The Kier molecular flexibility index (Phi) is 2.31. The van der Waals surface area contributed by atoms with Crippen LogP contribution in [-0.2, 0) is 11.5 Å². The quantitative estimate of drug-likeness (QED) is 0.683. The molecule has 12 heavy (non-hydrogen) atoms. The molecule has 0 saturated heterocycles. The topological polar surface area (TPSA) is 76.9 Å². The van der Waals surface area contributed by atoms with Gasteiger partial charge < -0.3 is 10.5 Å². The van der Waals surface area contributed by atoms with Gasteiger partial charge in [-0.25, -0.2) is 4.68 Å². The normalized spacial score (nSPS) is 9.75. The van der Waals surface area contributed by atoms with E-state index in [1.807, 2.05) is 6.07 Å². The number of hydrogen-bond donors (Lipinski definition) is 1. The molecule has 0 aliphatic heterocycles. The van der Waals surface area contributed by atoms with E-state index >= 15 is 0 Å². The lowest BCUT2D eigenvalue weighted by Gasteiger charge is -1.99. The number of methoxy groups -OCH3 is 1. The molecule has 0 fully saturated rings. The molecule has 0 aliphatic rings. The molecule has 0 amide bonds. The lowest BCUT2D eigenvalue weighted by molar-refractivity contribution is 0.122. The third kappa shape index (κ3) is 1.24. The number of aromatic nitrogens is 2. The van der Waals surface area contributed by atoms with Crippen LogP contribution in [-0.4, -0.2) is 16.9 Å². The van der Waals surface area contributed by atoms with Crippen molar-refractivity contribution in [2.24, 2.45) is 0 Å². The fourth-order valence-electron chi connectivity index (χ4n) is 0.958. The Bertz CT molecular complexity index is 323. The predicted octanol–water partition coefficient (Wildman–Crippen LogP) is 0.249. The number of nitrogen functional groups attached to an aromatic ring is 1. The molecule has 0 radical (unpaired) electrons. The molecular weight excluding hydrogens is 156 g/mol. The second kappa shape index (κ2) is 3.24. The highest BCUT2D eigenvalue weighted by Gasteiger charge is 2.10. The molecule has 5 nitrogen and oxygen atoms in total. The Morgan fingerprint density at radius 1 is 1.75 bits per heavy atom. The molecule has 0 bridgehead atoms. The molecule has 0 atom stereocenters. The third-order valence-electron chi connectivity index (χ3n) is 1.53. The van der Waals surface area contributed by atoms with E-state index in [4.69, 9.17) is 15.7 Å². The van der Waals surface area contributed by atoms with Gasteiger partial charge >= 0.3 is 0 Å². The fraction of sp³-hybridized carbons (Fsp3) is 0.429. The van der Waals surface area contributed by atoms with Crippen molar-refractivity contribution in [1.29, 1.82) is 5.26 Å². The van der Waals surface area contributed by atoms with Gasteiger partial charge in [0.25, 0.3) is 0 Å². The van der Waals surface area contributed by atoms with Crippen molar-refractivity contribution in [2.75, 3.05) is 12.8 Å². The summed E-state index contributed by atoms with van der Waals surface area (Å²) in [5.41, 5.74) is 6.65. The van der Waals surface area contributed by atoms with Crippen LogP contribution in [0.4, 0.5) is 5.82 Å². The molecule has 5 heteroatoms. The fourth-order valence-corrected chi connectivity index (χ4v) is 0.958. The summed E-state index contributed by atoms with van der Waals surface area (Å²) in [5.74, 6) is 0.358. The third-order valence-corrected chi connectivity index (χ3v) is 1.53. The van der Waals surface area contributed by atoms with Gasteiger partial charge in [0.05, 0.1) is 5.69 Å². The van der Waals surface area contributed by atoms with Crippen LogP contribution in [0.15, 0.2) is 0 Å². The number of nitrogens with zero attached hydrogens (tertiary/aromatic N) is 3. The lowest BCUT2D eigenvalue weighted by atomic mass is 10.3. The predicted molar refractivity (Wildman–Crippen MR) is 43.1 cm³/mol. The summed E-state index contributed by atoms with van der Waals surface area (Å²) >= 11 is 0. The van der Waals surface area contributed by atoms with Gasteiger partial charge in [0.1, 0.15) is 24.2 Å². The Balaban J connectivity index is 3.10. The van der Waals surface area contributed by atoms with Gasteiger partial charge in [0, 0.05) is 7.11 Å². The Morgan fingerprint density at radius 3 is 2.83 bits per heavy atom. The first-order valence-electron chi connectivity index (χ1n) is 3.42. The molecule has 1 rings (SSSR count). The van der Waals surface area contributed by atoms with Gasteiger partial charge in [0.15, 0.2) is 0 Å². The molecule has 0 aromatic carbocycles. The SMILES string of the molecule is COCn1nc(C)c(C#N)c1N. The molecule has 0 aliphatic carbocycles. The average Bonchev–Trinajstić information content (AvgIpc) is 2.29. The molecular formula is C7H10N4O. The average molecular weight is 166 g/mol. The number of nitrogens with two attached hydrogens (primary N) is 1. The zero-order valence-electron chi connectivity index (χ0n) is 7.03. The molecule has 1 aromatic heterocycles. The van der Waals surface area contributed by atoms with Gasteiger partial charge in [-0.2, -0.15) is 10.4 Å². The van der Waals surface area contributed by atoms with Gasteiger partial charge in [-0.15, -0.1) is 0 Å². The van der Waals surface area contributed by atoms with Crippen LogP contribution in [0.25, 0.3) is 0 Å². The van der Waals surface area contributed by atoms with Crippen LogP contribution < -0.4 is 5.73 Å². The maximum Gasteiger partial charge on any atom is 0.142 e. The largest absolute Gasteiger partial charge is 0.383 e. The minimum atomic E-state index is 0.272. The van der Waals surface area contributed by atoms with E-state index in [0.29, 0.717) is 17.1 Å². The first kappa shape index (κ1) is 8.56. The number of hydrogen-bond acceptors (Lipinski definition) is 4. The highest BCUT2D eigenvalue weighted by Crippen LogP contribution is 2.13. The maximum atomic E-state index is 8.66. The Hall–Kier alpha value is -1.54. The molecule has 64 valence electrons. The van der Waals surface area contributed by atoms with Gasteiger partial charge in [-0.1, -0.05) is 0 Å². The highest BCUT2D eigenvalue weighted by atomic mass is 16.5. The van der Waals surface area contributed by atoms with Crippen molar-refractivity contribution in [2.45, 2.75) is 13.7 Å². The second-order valence-electron chi connectivity index (χ2n) is 2.37. The minimum absolute atomic E-state index is 0.272. The summed E-state index contributed by atoms with van der Waals surface area (Å²) in [6.07, 6.45) is 0. The summed E-state index contributed by atoms with van der Waals surface area (Å²) in [6, 6.07) is 1.98. The van der Waals surface area contributed by atoms with E-state index < -0.39 is 0 Å². The van der Waals surface area contributed by atoms with E-state index in [1.165, 1.54) is 4.68 Å².